The summed E-state index contributed by atoms with van der Waals surface area (Å²) in [6, 6.07) is 1.79. The van der Waals surface area contributed by atoms with Gasteiger partial charge in [-0.1, -0.05) is 19.3 Å². The Labute approximate surface area is 115 Å². The third-order valence-corrected chi connectivity index (χ3v) is 3.97. The van der Waals surface area contributed by atoms with Crippen LogP contribution in [0, 0.1) is 22.9 Å². The summed E-state index contributed by atoms with van der Waals surface area (Å²) >= 11 is 0. The molecule has 20 heavy (non-hydrogen) atoms. The molecular weight excluding hydrogens is 269 g/mol. The van der Waals surface area contributed by atoms with Gasteiger partial charge in [-0.2, -0.15) is 0 Å². The maximum Gasteiger partial charge on any atom is 0.231 e. The number of benzene rings is 1. The SMILES string of the molecule is NCC1(C(=O)Nc2ccc(F)c(F)c2F)CCCCC1. The fourth-order valence-corrected chi connectivity index (χ4v) is 2.63. The van der Waals surface area contributed by atoms with Gasteiger partial charge in [0.15, 0.2) is 17.5 Å². The summed E-state index contributed by atoms with van der Waals surface area (Å²) in [7, 11) is 0. The molecule has 1 aliphatic rings. The van der Waals surface area contributed by atoms with Crippen LogP contribution in [0.25, 0.3) is 0 Å². The molecule has 1 amide bonds. The van der Waals surface area contributed by atoms with Gasteiger partial charge in [-0.05, 0) is 25.0 Å². The Morgan fingerprint density at radius 1 is 1.15 bits per heavy atom. The number of halogens is 3. The Bertz CT molecular complexity index is 513. The molecule has 0 radical (unpaired) electrons. The monoisotopic (exact) mass is 286 g/mol. The van der Waals surface area contributed by atoms with Gasteiger partial charge >= 0.3 is 0 Å². The van der Waals surface area contributed by atoms with E-state index in [2.05, 4.69) is 5.32 Å². The van der Waals surface area contributed by atoms with E-state index in [1.165, 1.54) is 0 Å². The summed E-state index contributed by atoms with van der Waals surface area (Å²) in [6.45, 7) is 0.157. The lowest BCUT2D eigenvalue weighted by molar-refractivity contribution is -0.126. The molecule has 1 fully saturated rings. The van der Waals surface area contributed by atoms with Crippen molar-refractivity contribution < 1.29 is 18.0 Å². The van der Waals surface area contributed by atoms with Gasteiger partial charge in [-0.3, -0.25) is 4.79 Å². The van der Waals surface area contributed by atoms with Gasteiger partial charge in [-0.25, -0.2) is 13.2 Å². The van der Waals surface area contributed by atoms with Crippen LogP contribution in [0.3, 0.4) is 0 Å². The third kappa shape index (κ3) is 2.65. The Kier molecular flexibility index (Phi) is 4.32. The van der Waals surface area contributed by atoms with E-state index in [1.807, 2.05) is 0 Å². The van der Waals surface area contributed by atoms with Crippen LogP contribution in [0.1, 0.15) is 32.1 Å². The van der Waals surface area contributed by atoms with Crippen LogP contribution in [0.5, 0.6) is 0 Å². The highest BCUT2D eigenvalue weighted by molar-refractivity contribution is 5.95. The Hall–Kier alpha value is -1.56. The maximum absolute atomic E-state index is 13.6. The van der Waals surface area contributed by atoms with Gasteiger partial charge in [0.1, 0.15) is 0 Å². The van der Waals surface area contributed by atoms with E-state index in [9.17, 15) is 18.0 Å². The largest absolute Gasteiger partial charge is 0.329 e. The molecule has 0 spiro atoms. The standard InChI is InChI=1S/C14H17F3N2O/c15-9-4-5-10(12(17)11(9)16)19-13(20)14(8-18)6-2-1-3-7-14/h4-5H,1-3,6-8,18H2,(H,19,20). The zero-order valence-corrected chi connectivity index (χ0v) is 11.0. The average Bonchev–Trinajstić information content (AvgIpc) is 2.48. The number of hydrogen-bond acceptors (Lipinski definition) is 2. The van der Waals surface area contributed by atoms with E-state index in [1.54, 1.807) is 0 Å². The van der Waals surface area contributed by atoms with Crippen LogP contribution in [0.15, 0.2) is 12.1 Å². The molecule has 0 atom stereocenters. The fourth-order valence-electron chi connectivity index (χ4n) is 2.63. The Balaban J connectivity index is 2.21. The predicted octanol–water partition coefficient (Wildman–Crippen LogP) is 2.95. The van der Waals surface area contributed by atoms with Crippen LogP contribution < -0.4 is 11.1 Å². The molecule has 3 N–H and O–H groups in total. The minimum Gasteiger partial charge on any atom is -0.329 e. The zero-order chi connectivity index (χ0) is 14.8. The highest BCUT2D eigenvalue weighted by atomic mass is 19.2. The van der Waals surface area contributed by atoms with Crippen LogP contribution in [0.2, 0.25) is 0 Å². The highest BCUT2D eigenvalue weighted by Gasteiger charge is 2.38. The number of nitrogens with one attached hydrogen (secondary N) is 1. The second kappa shape index (κ2) is 5.83. The molecular formula is C14H17F3N2O. The van der Waals surface area contributed by atoms with Crippen molar-refractivity contribution in [3.8, 4) is 0 Å². The zero-order valence-electron chi connectivity index (χ0n) is 11.0. The van der Waals surface area contributed by atoms with Crippen LogP contribution in [-0.2, 0) is 4.79 Å². The fraction of sp³-hybridized carbons (Fsp3) is 0.500. The summed E-state index contributed by atoms with van der Waals surface area (Å²) in [6.07, 6.45) is 4.05. The molecule has 6 heteroatoms. The molecule has 110 valence electrons. The Morgan fingerprint density at radius 3 is 2.40 bits per heavy atom. The first-order chi connectivity index (χ1) is 9.50. The van der Waals surface area contributed by atoms with Gasteiger partial charge in [0.25, 0.3) is 0 Å². The van der Waals surface area contributed by atoms with E-state index in [-0.39, 0.29) is 12.2 Å². The van der Waals surface area contributed by atoms with Gasteiger partial charge in [0.05, 0.1) is 11.1 Å². The molecule has 3 nitrogen and oxygen atoms in total. The van der Waals surface area contributed by atoms with E-state index >= 15 is 0 Å². The van der Waals surface area contributed by atoms with Crippen LogP contribution in [0.4, 0.5) is 18.9 Å². The molecule has 0 bridgehead atoms. The lowest BCUT2D eigenvalue weighted by atomic mass is 9.73. The summed E-state index contributed by atoms with van der Waals surface area (Å²) < 4.78 is 39.5. The average molecular weight is 286 g/mol. The molecule has 0 heterocycles. The molecule has 1 aromatic rings. The molecule has 0 aliphatic heterocycles. The van der Waals surface area contributed by atoms with Crippen molar-refractivity contribution >= 4 is 11.6 Å². The van der Waals surface area contributed by atoms with Crippen LogP contribution >= 0.6 is 0 Å². The Morgan fingerprint density at radius 2 is 1.80 bits per heavy atom. The minimum atomic E-state index is -1.59. The van der Waals surface area contributed by atoms with Crippen molar-refractivity contribution in [2.24, 2.45) is 11.1 Å². The topological polar surface area (TPSA) is 55.1 Å². The van der Waals surface area contributed by atoms with Gasteiger partial charge in [-0.15, -0.1) is 0 Å². The molecule has 0 aromatic heterocycles. The van der Waals surface area contributed by atoms with Crippen molar-refractivity contribution in [3.05, 3.63) is 29.6 Å². The van der Waals surface area contributed by atoms with E-state index < -0.39 is 28.8 Å². The highest BCUT2D eigenvalue weighted by Crippen LogP contribution is 2.36. The summed E-state index contributed by atoms with van der Waals surface area (Å²) in [5.41, 5.74) is 4.60. The number of anilines is 1. The van der Waals surface area contributed by atoms with E-state index in [4.69, 9.17) is 5.73 Å². The molecule has 0 saturated heterocycles. The second-order valence-electron chi connectivity index (χ2n) is 5.22. The maximum atomic E-state index is 13.6. The van der Waals surface area contributed by atoms with Crippen molar-refractivity contribution in [1.29, 1.82) is 0 Å². The number of hydrogen-bond donors (Lipinski definition) is 2. The predicted molar refractivity (Wildman–Crippen MR) is 69.5 cm³/mol. The smallest absolute Gasteiger partial charge is 0.231 e. The van der Waals surface area contributed by atoms with Gasteiger partial charge in [0, 0.05) is 6.54 Å². The number of carbonyl (C=O) groups is 1. The van der Waals surface area contributed by atoms with E-state index in [0.29, 0.717) is 12.8 Å². The van der Waals surface area contributed by atoms with Crippen molar-refractivity contribution in [2.45, 2.75) is 32.1 Å². The van der Waals surface area contributed by atoms with Crippen molar-refractivity contribution in [2.75, 3.05) is 11.9 Å². The number of carbonyl (C=O) groups excluding carboxylic acids is 1. The first kappa shape index (κ1) is 14.8. The molecule has 1 saturated carbocycles. The van der Waals surface area contributed by atoms with Crippen molar-refractivity contribution in [3.63, 3.8) is 0 Å². The summed E-state index contributed by atoms with van der Waals surface area (Å²) in [4.78, 5) is 12.3. The molecule has 1 aromatic carbocycles. The number of nitrogens with two attached hydrogens (primary N) is 1. The first-order valence-electron chi connectivity index (χ1n) is 6.65. The lowest BCUT2D eigenvalue weighted by Gasteiger charge is -2.34. The molecule has 0 unspecified atom stereocenters. The quantitative estimate of drug-likeness (QED) is 0.839. The number of rotatable bonds is 3. The van der Waals surface area contributed by atoms with E-state index in [0.717, 1.165) is 31.4 Å². The van der Waals surface area contributed by atoms with Gasteiger partial charge in [0.2, 0.25) is 5.91 Å². The summed E-state index contributed by atoms with van der Waals surface area (Å²) in [5, 5.41) is 2.34. The van der Waals surface area contributed by atoms with Crippen LogP contribution in [-0.4, -0.2) is 12.5 Å². The van der Waals surface area contributed by atoms with Crippen molar-refractivity contribution in [1.82, 2.24) is 0 Å². The van der Waals surface area contributed by atoms with Gasteiger partial charge < -0.3 is 11.1 Å². The summed E-state index contributed by atoms with van der Waals surface area (Å²) in [5.74, 6) is -4.69. The minimum absolute atomic E-state index is 0.157. The second-order valence-corrected chi connectivity index (χ2v) is 5.22. The number of amides is 1. The molecule has 2 rings (SSSR count). The first-order valence-corrected chi connectivity index (χ1v) is 6.65. The lowest BCUT2D eigenvalue weighted by Crippen LogP contribution is -2.44. The molecule has 1 aliphatic carbocycles. The normalized spacial score (nSPS) is 17.8. The third-order valence-electron chi connectivity index (χ3n) is 3.97.